The lowest BCUT2D eigenvalue weighted by molar-refractivity contribution is -0.135. The van der Waals surface area contributed by atoms with Crippen LogP contribution in [0, 0.1) is 5.92 Å². The first-order chi connectivity index (χ1) is 10.6. The molecule has 0 aliphatic rings. The van der Waals surface area contributed by atoms with Crippen LogP contribution in [-0.2, 0) is 4.79 Å². The molecular weight excluding hydrogens is 274 g/mol. The molecule has 0 saturated carbocycles. The third kappa shape index (κ3) is 10.2. The van der Waals surface area contributed by atoms with Crippen molar-refractivity contribution in [3.05, 3.63) is 0 Å². The van der Waals surface area contributed by atoms with Gasteiger partial charge in [-0.05, 0) is 26.7 Å². The Hall–Kier alpha value is -0.570. The Labute approximate surface area is 138 Å². The number of nitrogens with zero attached hydrogens (tertiary/aromatic N) is 1. The number of rotatable bonds is 14. The van der Waals surface area contributed by atoms with Crippen molar-refractivity contribution < 1.29 is 9.90 Å². The minimum Gasteiger partial charge on any atom is -0.393 e. The number of amides is 1. The summed E-state index contributed by atoms with van der Waals surface area (Å²) in [6, 6.07) is 0. The quantitative estimate of drug-likeness (QED) is 0.469. The van der Waals surface area contributed by atoms with Crippen LogP contribution in [0.1, 0.15) is 91.9 Å². The molecule has 0 aliphatic carbocycles. The van der Waals surface area contributed by atoms with Crippen molar-refractivity contribution >= 4 is 5.91 Å². The summed E-state index contributed by atoms with van der Waals surface area (Å²) in [6.45, 7) is 9.71. The van der Waals surface area contributed by atoms with E-state index in [1.54, 1.807) is 0 Å². The van der Waals surface area contributed by atoms with E-state index in [1.807, 2.05) is 25.7 Å². The molecule has 0 aromatic heterocycles. The van der Waals surface area contributed by atoms with E-state index in [9.17, 15) is 9.90 Å². The maximum absolute atomic E-state index is 12.2. The second kappa shape index (κ2) is 14.0. The summed E-state index contributed by atoms with van der Waals surface area (Å²) in [5, 5.41) is 10.1. The summed E-state index contributed by atoms with van der Waals surface area (Å²) in [5.41, 5.74) is 0. The third-order valence-electron chi connectivity index (χ3n) is 4.51. The van der Waals surface area contributed by atoms with Gasteiger partial charge >= 0.3 is 0 Å². The van der Waals surface area contributed by atoms with Gasteiger partial charge in [0.05, 0.1) is 6.10 Å². The number of hydrogen-bond donors (Lipinski definition) is 1. The van der Waals surface area contributed by atoms with E-state index < -0.39 is 0 Å². The van der Waals surface area contributed by atoms with Gasteiger partial charge in [0.25, 0.3) is 0 Å². The van der Waals surface area contributed by atoms with Crippen molar-refractivity contribution in [2.45, 2.75) is 98.0 Å². The maximum Gasteiger partial charge on any atom is 0.225 e. The standard InChI is InChI=1S/C19H39NO2/c1-5-8-9-10-11-12-13-14-15-18(21)16-17(4)19(22)20(6-2)7-3/h17-18,21H,5-16H2,1-4H3. The first-order valence-corrected chi connectivity index (χ1v) is 9.53. The lowest BCUT2D eigenvalue weighted by atomic mass is 9.97. The number of carbonyl (C=O) groups is 1. The van der Waals surface area contributed by atoms with Crippen molar-refractivity contribution in [3.63, 3.8) is 0 Å². The van der Waals surface area contributed by atoms with E-state index in [0.29, 0.717) is 6.42 Å². The van der Waals surface area contributed by atoms with Crippen molar-refractivity contribution in [2.75, 3.05) is 13.1 Å². The Bertz CT molecular complexity index is 264. The van der Waals surface area contributed by atoms with Gasteiger partial charge in [-0.25, -0.2) is 0 Å². The molecule has 0 rings (SSSR count). The Balaban J connectivity index is 3.67. The molecule has 22 heavy (non-hydrogen) atoms. The Morgan fingerprint density at radius 1 is 0.909 bits per heavy atom. The number of aliphatic hydroxyl groups excluding tert-OH is 1. The maximum atomic E-state index is 12.2. The van der Waals surface area contributed by atoms with Gasteiger partial charge < -0.3 is 10.0 Å². The largest absolute Gasteiger partial charge is 0.393 e. The molecule has 0 aliphatic heterocycles. The van der Waals surface area contributed by atoms with Gasteiger partial charge in [-0.15, -0.1) is 0 Å². The van der Waals surface area contributed by atoms with Crippen LogP contribution in [0.2, 0.25) is 0 Å². The zero-order chi connectivity index (χ0) is 16.8. The molecule has 3 heteroatoms. The van der Waals surface area contributed by atoms with Crippen LogP contribution in [-0.4, -0.2) is 35.1 Å². The second-order valence-corrected chi connectivity index (χ2v) is 6.56. The lowest BCUT2D eigenvalue weighted by Gasteiger charge is -2.24. The van der Waals surface area contributed by atoms with E-state index in [2.05, 4.69) is 6.92 Å². The predicted octanol–water partition coefficient (Wildman–Crippen LogP) is 4.77. The molecule has 1 N–H and O–H groups in total. The Morgan fingerprint density at radius 3 is 1.91 bits per heavy atom. The zero-order valence-electron chi connectivity index (χ0n) is 15.4. The molecule has 0 radical (unpaired) electrons. The molecule has 0 saturated heterocycles. The smallest absolute Gasteiger partial charge is 0.225 e. The summed E-state index contributed by atoms with van der Waals surface area (Å²) >= 11 is 0. The third-order valence-corrected chi connectivity index (χ3v) is 4.51. The molecule has 0 spiro atoms. The number of aliphatic hydroxyl groups is 1. The summed E-state index contributed by atoms with van der Waals surface area (Å²) < 4.78 is 0. The van der Waals surface area contributed by atoms with Gasteiger partial charge in [0.1, 0.15) is 0 Å². The molecule has 132 valence electrons. The van der Waals surface area contributed by atoms with Gasteiger partial charge in [-0.1, -0.05) is 65.2 Å². The lowest BCUT2D eigenvalue weighted by Crippen LogP contribution is -2.36. The van der Waals surface area contributed by atoms with Gasteiger partial charge in [0, 0.05) is 19.0 Å². The first kappa shape index (κ1) is 21.4. The summed E-state index contributed by atoms with van der Waals surface area (Å²) in [5.74, 6) is 0.115. The number of carbonyl (C=O) groups excluding carboxylic acids is 1. The van der Waals surface area contributed by atoms with Crippen molar-refractivity contribution in [2.24, 2.45) is 5.92 Å². The molecule has 0 heterocycles. The molecule has 1 amide bonds. The Morgan fingerprint density at radius 2 is 1.41 bits per heavy atom. The molecule has 2 atom stereocenters. The van der Waals surface area contributed by atoms with Crippen LogP contribution >= 0.6 is 0 Å². The topological polar surface area (TPSA) is 40.5 Å². The van der Waals surface area contributed by atoms with E-state index in [0.717, 1.165) is 25.9 Å². The van der Waals surface area contributed by atoms with Crippen molar-refractivity contribution in [1.82, 2.24) is 4.90 Å². The second-order valence-electron chi connectivity index (χ2n) is 6.56. The highest BCUT2D eigenvalue weighted by molar-refractivity contribution is 5.78. The first-order valence-electron chi connectivity index (χ1n) is 9.53. The average molecular weight is 314 g/mol. The predicted molar refractivity (Wildman–Crippen MR) is 94.9 cm³/mol. The van der Waals surface area contributed by atoms with Gasteiger partial charge in [0.15, 0.2) is 0 Å². The number of unbranched alkanes of at least 4 members (excludes halogenated alkanes) is 7. The molecule has 0 aromatic carbocycles. The van der Waals surface area contributed by atoms with E-state index >= 15 is 0 Å². The fourth-order valence-corrected chi connectivity index (χ4v) is 2.99. The van der Waals surface area contributed by atoms with E-state index in [4.69, 9.17) is 0 Å². The fraction of sp³-hybridized carbons (Fsp3) is 0.947. The van der Waals surface area contributed by atoms with Crippen LogP contribution < -0.4 is 0 Å². The monoisotopic (exact) mass is 313 g/mol. The van der Waals surface area contributed by atoms with Crippen molar-refractivity contribution in [3.8, 4) is 0 Å². The Kier molecular flexibility index (Phi) is 13.7. The summed E-state index contributed by atoms with van der Waals surface area (Å²) in [6.07, 6.45) is 11.4. The highest BCUT2D eigenvalue weighted by Crippen LogP contribution is 2.16. The molecule has 0 bridgehead atoms. The minimum atomic E-state index is -0.324. The van der Waals surface area contributed by atoms with E-state index in [-0.39, 0.29) is 17.9 Å². The van der Waals surface area contributed by atoms with Gasteiger partial charge in [-0.3, -0.25) is 4.79 Å². The minimum absolute atomic E-state index is 0.0658. The average Bonchev–Trinajstić information content (AvgIpc) is 2.50. The SMILES string of the molecule is CCCCCCCCCCC(O)CC(C)C(=O)N(CC)CC. The van der Waals surface area contributed by atoms with Crippen LogP contribution in [0.3, 0.4) is 0 Å². The van der Waals surface area contributed by atoms with Crippen LogP contribution in [0.25, 0.3) is 0 Å². The van der Waals surface area contributed by atoms with Crippen LogP contribution in [0.4, 0.5) is 0 Å². The van der Waals surface area contributed by atoms with Crippen molar-refractivity contribution in [1.29, 1.82) is 0 Å². The number of hydrogen-bond acceptors (Lipinski definition) is 2. The summed E-state index contributed by atoms with van der Waals surface area (Å²) in [7, 11) is 0. The molecule has 2 unspecified atom stereocenters. The van der Waals surface area contributed by atoms with E-state index in [1.165, 1.54) is 44.9 Å². The highest BCUT2D eigenvalue weighted by atomic mass is 16.3. The fourth-order valence-electron chi connectivity index (χ4n) is 2.99. The molecular formula is C19H39NO2. The van der Waals surface area contributed by atoms with Crippen LogP contribution in [0.5, 0.6) is 0 Å². The molecule has 0 fully saturated rings. The highest BCUT2D eigenvalue weighted by Gasteiger charge is 2.20. The van der Waals surface area contributed by atoms with Gasteiger partial charge in [-0.2, -0.15) is 0 Å². The van der Waals surface area contributed by atoms with Gasteiger partial charge in [0.2, 0.25) is 5.91 Å². The molecule has 3 nitrogen and oxygen atoms in total. The van der Waals surface area contributed by atoms with Crippen LogP contribution in [0.15, 0.2) is 0 Å². The normalized spacial score (nSPS) is 13.9. The summed E-state index contributed by atoms with van der Waals surface area (Å²) in [4.78, 5) is 14.0. The zero-order valence-corrected chi connectivity index (χ0v) is 15.4. The molecule has 0 aromatic rings.